The monoisotopic (exact) mass is 852 g/mol. The second kappa shape index (κ2) is 24.9. The van der Waals surface area contributed by atoms with Crippen molar-refractivity contribution in [2.75, 3.05) is 19.6 Å². The lowest BCUT2D eigenvalue weighted by atomic mass is 9.99. The molecule has 1 fully saturated rings. The SMILES string of the molecule is CC(C)[C@H](NC(=O)[C@@H](NC(=O)[C@H](C)NC(=O)CNC(=O)[C@H](C)NC(=O)[C@H](C)NC(=O)[C@H](C)NC(=O)[C@H](C)NC(=O)CNC(=O)[C@H](C)NC(=O)[C@@H]1CCCN1)C(C)C)C(N)=O. The van der Waals surface area contributed by atoms with Crippen molar-refractivity contribution in [1.29, 1.82) is 0 Å². The van der Waals surface area contributed by atoms with E-state index in [2.05, 4.69) is 58.5 Å². The van der Waals surface area contributed by atoms with Gasteiger partial charge in [0.2, 0.25) is 65.0 Å². The summed E-state index contributed by atoms with van der Waals surface area (Å²) in [5, 5.41) is 27.3. The Balaban J connectivity index is 2.50. The molecule has 11 amide bonds. The molecule has 23 nitrogen and oxygen atoms in total. The Morgan fingerprint density at radius 3 is 1.18 bits per heavy atom. The summed E-state index contributed by atoms with van der Waals surface area (Å²) in [6, 6.07) is -9.07. The summed E-state index contributed by atoms with van der Waals surface area (Å²) < 4.78 is 0. The van der Waals surface area contributed by atoms with E-state index in [1.807, 2.05) is 0 Å². The van der Waals surface area contributed by atoms with Crippen molar-refractivity contribution in [2.24, 2.45) is 17.6 Å². The summed E-state index contributed by atoms with van der Waals surface area (Å²) in [5.74, 6) is -8.20. The van der Waals surface area contributed by atoms with Gasteiger partial charge in [-0.1, -0.05) is 27.7 Å². The first-order valence-corrected chi connectivity index (χ1v) is 19.8. The van der Waals surface area contributed by atoms with E-state index in [1.54, 1.807) is 27.7 Å². The number of nitrogens with one attached hydrogen (secondary N) is 11. The Bertz CT molecular complexity index is 1600. The molecule has 0 aromatic rings. The molecule has 338 valence electrons. The fourth-order valence-corrected chi connectivity index (χ4v) is 5.48. The van der Waals surface area contributed by atoms with Crippen molar-refractivity contribution in [2.45, 2.75) is 136 Å². The Morgan fingerprint density at radius 2 is 0.817 bits per heavy atom. The minimum Gasteiger partial charge on any atom is -0.368 e. The normalized spacial score (nSPS) is 17.4. The lowest BCUT2D eigenvalue weighted by molar-refractivity contribution is -0.134. The predicted molar refractivity (Wildman–Crippen MR) is 215 cm³/mol. The molecule has 23 heteroatoms. The highest BCUT2D eigenvalue weighted by atomic mass is 16.2. The average Bonchev–Trinajstić information content (AvgIpc) is 3.71. The highest BCUT2D eigenvalue weighted by Crippen LogP contribution is 2.07. The Hall–Kier alpha value is -5.87. The third-order valence-corrected chi connectivity index (χ3v) is 9.29. The fraction of sp³-hybridized carbons (Fsp3) is 0.703. The number of carbonyl (C=O) groups is 11. The summed E-state index contributed by atoms with van der Waals surface area (Å²) in [7, 11) is 0. The first-order valence-electron chi connectivity index (χ1n) is 19.8. The second-order valence-corrected chi connectivity index (χ2v) is 15.4. The predicted octanol–water partition coefficient (Wildman–Crippen LogP) is -5.23. The molecule has 1 rings (SSSR count). The maximum absolute atomic E-state index is 12.8. The number of carbonyl (C=O) groups excluding carboxylic acids is 11. The molecule has 0 saturated carbocycles. The van der Waals surface area contributed by atoms with Crippen LogP contribution in [0.1, 0.15) is 82.1 Å². The molecule has 0 aromatic carbocycles. The van der Waals surface area contributed by atoms with Crippen LogP contribution in [0.2, 0.25) is 0 Å². The molecule has 1 aliphatic heterocycles. The molecule has 1 heterocycles. The van der Waals surface area contributed by atoms with E-state index in [4.69, 9.17) is 5.73 Å². The van der Waals surface area contributed by atoms with E-state index < -0.39 is 126 Å². The van der Waals surface area contributed by atoms with Crippen LogP contribution in [-0.4, -0.2) is 139 Å². The maximum atomic E-state index is 12.8. The third kappa shape index (κ3) is 18.0. The van der Waals surface area contributed by atoms with E-state index in [9.17, 15) is 52.7 Å². The minimum absolute atomic E-state index is 0.299. The highest BCUT2D eigenvalue weighted by molar-refractivity contribution is 5.97. The number of primary amides is 1. The maximum Gasteiger partial charge on any atom is 0.243 e. The quantitative estimate of drug-likeness (QED) is 0.0459. The van der Waals surface area contributed by atoms with Crippen LogP contribution < -0.4 is 64.2 Å². The summed E-state index contributed by atoms with van der Waals surface area (Å²) >= 11 is 0. The molecule has 1 aliphatic rings. The standard InChI is InChI=1S/C37H64N12O11/c1-16(2)27(29(38)52)48-37(60)28(17(3)4)49-35(58)21(8)43-26(51)15-40-30(53)18(5)44-33(56)22(9)46-34(57)23(10)45-32(55)20(7)42-25(50)14-41-31(54)19(6)47-36(59)24-12-11-13-39-24/h16-24,27-28,39H,11-15H2,1-10H3,(H2,38,52)(H,40,53)(H,41,54)(H,42,50)(H,43,51)(H,44,56)(H,45,55)(H,46,57)(H,47,59)(H,48,60)(H,49,58)/t18-,19-,20-,21-,22-,23-,24-,27-,28-/m0/s1. The molecule has 9 atom stereocenters. The number of hydrogen-bond acceptors (Lipinski definition) is 12. The van der Waals surface area contributed by atoms with Gasteiger partial charge in [-0.25, -0.2) is 0 Å². The summed E-state index contributed by atoms with van der Waals surface area (Å²) in [5.41, 5.74) is 5.37. The van der Waals surface area contributed by atoms with Crippen molar-refractivity contribution < 1.29 is 52.7 Å². The summed E-state index contributed by atoms with van der Waals surface area (Å²) in [4.78, 5) is 137. The molecule has 0 radical (unpaired) electrons. The van der Waals surface area contributed by atoms with Crippen molar-refractivity contribution >= 4 is 65.0 Å². The zero-order valence-electron chi connectivity index (χ0n) is 36.0. The highest BCUT2D eigenvalue weighted by Gasteiger charge is 2.32. The second-order valence-electron chi connectivity index (χ2n) is 15.4. The van der Waals surface area contributed by atoms with Crippen molar-refractivity contribution in [1.82, 2.24) is 58.5 Å². The fourth-order valence-electron chi connectivity index (χ4n) is 5.48. The van der Waals surface area contributed by atoms with Gasteiger partial charge in [-0.3, -0.25) is 52.7 Å². The van der Waals surface area contributed by atoms with Gasteiger partial charge >= 0.3 is 0 Å². The van der Waals surface area contributed by atoms with Gasteiger partial charge in [-0.2, -0.15) is 0 Å². The zero-order chi connectivity index (χ0) is 46.0. The van der Waals surface area contributed by atoms with Gasteiger partial charge in [-0.05, 0) is 72.8 Å². The van der Waals surface area contributed by atoms with Crippen LogP contribution in [0.3, 0.4) is 0 Å². The van der Waals surface area contributed by atoms with Gasteiger partial charge in [0.05, 0.1) is 19.1 Å². The zero-order valence-corrected chi connectivity index (χ0v) is 36.0. The number of nitrogens with two attached hydrogens (primary N) is 1. The molecule has 0 aliphatic carbocycles. The van der Waals surface area contributed by atoms with Crippen molar-refractivity contribution in [3.05, 3.63) is 0 Å². The van der Waals surface area contributed by atoms with E-state index in [-0.39, 0.29) is 17.9 Å². The van der Waals surface area contributed by atoms with Crippen LogP contribution in [0.5, 0.6) is 0 Å². The van der Waals surface area contributed by atoms with Crippen molar-refractivity contribution in [3.8, 4) is 0 Å². The van der Waals surface area contributed by atoms with E-state index in [1.165, 1.54) is 41.5 Å². The molecule has 0 bridgehead atoms. The smallest absolute Gasteiger partial charge is 0.243 e. The molecule has 0 spiro atoms. The topological polar surface area (TPSA) is 346 Å². The Labute approximate surface area is 349 Å². The molecular weight excluding hydrogens is 788 g/mol. The van der Waals surface area contributed by atoms with E-state index in [0.29, 0.717) is 13.0 Å². The number of amides is 11. The van der Waals surface area contributed by atoms with Crippen LogP contribution in [0, 0.1) is 11.8 Å². The van der Waals surface area contributed by atoms with E-state index >= 15 is 0 Å². The number of hydrogen-bond donors (Lipinski definition) is 12. The first-order chi connectivity index (χ1) is 27.8. The minimum atomic E-state index is -1.18. The molecule has 13 N–H and O–H groups in total. The summed E-state index contributed by atoms with van der Waals surface area (Å²) in [6.07, 6.45) is 1.50. The largest absolute Gasteiger partial charge is 0.368 e. The summed E-state index contributed by atoms with van der Waals surface area (Å²) in [6.45, 7) is 14.6. The van der Waals surface area contributed by atoms with Crippen LogP contribution in [0.4, 0.5) is 0 Å². The Kier molecular flexibility index (Phi) is 21.7. The number of rotatable bonds is 23. The lowest BCUT2D eigenvalue weighted by Gasteiger charge is -2.27. The Morgan fingerprint density at radius 1 is 0.467 bits per heavy atom. The van der Waals surface area contributed by atoms with E-state index in [0.717, 1.165) is 6.42 Å². The van der Waals surface area contributed by atoms with Crippen LogP contribution in [-0.2, 0) is 52.7 Å². The van der Waals surface area contributed by atoms with Gasteiger partial charge in [0.15, 0.2) is 0 Å². The molecule has 0 unspecified atom stereocenters. The van der Waals surface area contributed by atoms with Gasteiger partial charge < -0.3 is 64.2 Å². The van der Waals surface area contributed by atoms with Crippen LogP contribution in [0.25, 0.3) is 0 Å². The third-order valence-electron chi connectivity index (χ3n) is 9.29. The van der Waals surface area contributed by atoms with Gasteiger partial charge in [0.25, 0.3) is 0 Å². The van der Waals surface area contributed by atoms with Gasteiger partial charge in [0.1, 0.15) is 48.3 Å². The lowest BCUT2D eigenvalue weighted by Crippen LogP contribution is -2.58. The molecule has 0 aromatic heterocycles. The first kappa shape index (κ1) is 52.1. The van der Waals surface area contributed by atoms with Crippen LogP contribution >= 0.6 is 0 Å². The molecule has 1 saturated heterocycles. The molecular formula is C37H64N12O11. The van der Waals surface area contributed by atoms with Gasteiger partial charge in [-0.15, -0.1) is 0 Å². The molecule has 60 heavy (non-hydrogen) atoms. The van der Waals surface area contributed by atoms with Crippen molar-refractivity contribution in [3.63, 3.8) is 0 Å². The van der Waals surface area contributed by atoms with Crippen LogP contribution in [0.15, 0.2) is 0 Å². The van der Waals surface area contributed by atoms with Gasteiger partial charge in [0, 0.05) is 0 Å². The average molecular weight is 853 g/mol.